The Labute approximate surface area is 102 Å². The number of amides is 2. The van der Waals surface area contributed by atoms with Crippen molar-refractivity contribution < 1.29 is 14.7 Å². The number of aromatic amines is 1. The fraction of sp³-hybridized carbons (Fsp3) is 0.667. The van der Waals surface area contributed by atoms with Crippen molar-refractivity contribution >= 4 is 12.0 Å². The molecular formula is C9H14N6O3. The number of urea groups is 1. The molecule has 2 rings (SSSR count). The molecule has 98 valence electrons. The molecule has 1 heterocycles. The largest absolute Gasteiger partial charge is 0.481 e. The predicted molar refractivity (Wildman–Crippen MR) is 58.3 cm³/mol. The highest BCUT2D eigenvalue weighted by atomic mass is 16.4. The van der Waals surface area contributed by atoms with E-state index in [1.54, 1.807) is 0 Å². The molecule has 0 saturated heterocycles. The summed E-state index contributed by atoms with van der Waals surface area (Å²) in [6, 6.07) is -0.438. The number of tetrazole rings is 1. The van der Waals surface area contributed by atoms with Gasteiger partial charge in [0.25, 0.3) is 0 Å². The summed E-state index contributed by atoms with van der Waals surface area (Å²) >= 11 is 0. The zero-order valence-corrected chi connectivity index (χ0v) is 9.59. The molecular weight excluding hydrogens is 240 g/mol. The number of nitrogens with one attached hydrogen (secondary N) is 3. The van der Waals surface area contributed by atoms with Crippen LogP contribution in [0.4, 0.5) is 4.79 Å². The Hall–Kier alpha value is -2.19. The minimum Gasteiger partial charge on any atom is -0.481 e. The number of nitrogens with zero attached hydrogens (tertiary/aromatic N) is 3. The number of carbonyl (C=O) groups is 2. The highest BCUT2D eigenvalue weighted by Gasteiger charge is 2.30. The van der Waals surface area contributed by atoms with Crippen molar-refractivity contribution in [2.75, 3.05) is 0 Å². The smallest absolute Gasteiger partial charge is 0.315 e. The van der Waals surface area contributed by atoms with Gasteiger partial charge in [0.05, 0.1) is 12.5 Å². The summed E-state index contributed by atoms with van der Waals surface area (Å²) in [5, 5.41) is 27.2. The maximum atomic E-state index is 11.5. The molecule has 18 heavy (non-hydrogen) atoms. The van der Waals surface area contributed by atoms with Crippen molar-refractivity contribution in [1.29, 1.82) is 0 Å². The van der Waals surface area contributed by atoms with E-state index in [9.17, 15) is 9.59 Å². The zero-order chi connectivity index (χ0) is 13.0. The summed E-state index contributed by atoms with van der Waals surface area (Å²) in [5.74, 6) is -0.765. The summed E-state index contributed by atoms with van der Waals surface area (Å²) < 4.78 is 0. The molecule has 0 bridgehead atoms. The van der Waals surface area contributed by atoms with Crippen molar-refractivity contribution in [1.82, 2.24) is 31.3 Å². The van der Waals surface area contributed by atoms with Crippen molar-refractivity contribution in [3.63, 3.8) is 0 Å². The van der Waals surface area contributed by atoms with Gasteiger partial charge in [0.1, 0.15) is 0 Å². The zero-order valence-electron chi connectivity index (χ0n) is 9.59. The summed E-state index contributed by atoms with van der Waals surface area (Å²) in [4.78, 5) is 22.3. The maximum absolute atomic E-state index is 11.5. The number of carbonyl (C=O) groups excluding carboxylic acids is 1. The summed E-state index contributed by atoms with van der Waals surface area (Å²) in [5.41, 5.74) is 0. The lowest BCUT2D eigenvalue weighted by molar-refractivity contribution is -0.141. The van der Waals surface area contributed by atoms with E-state index >= 15 is 0 Å². The molecule has 1 aromatic heterocycles. The normalized spacial score (nSPS) is 22.7. The van der Waals surface area contributed by atoms with Crippen molar-refractivity contribution in [2.24, 2.45) is 5.92 Å². The quantitative estimate of drug-likeness (QED) is 0.559. The molecule has 0 radical (unpaired) electrons. The summed E-state index contributed by atoms with van der Waals surface area (Å²) in [7, 11) is 0. The second kappa shape index (κ2) is 5.43. The van der Waals surface area contributed by atoms with Crippen LogP contribution in [0.5, 0.6) is 0 Å². The Kier molecular flexibility index (Phi) is 3.70. The highest BCUT2D eigenvalue weighted by molar-refractivity contribution is 5.75. The topological polar surface area (TPSA) is 133 Å². The molecule has 9 nitrogen and oxygen atoms in total. The van der Waals surface area contributed by atoms with Crippen molar-refractivity contribution in [3.05, 3.63) is 5.82 Å². The number of aliphatic carboxylic acids is 1. The second-order valence-electron chi connectivity index (χ2n) is 4.20. The van der Waals surface area contributed by atoms with Crippen LogP contribution in [0.15, 0.2) is 0 Å². The van der Waals surface area contributed by atoms with Gasteiger partial charge in [-0.2, -0.15) is 5.21 Å². The fourth-order valence-electron chi connectivity index (χ4n) is 1.99. The van der Waals surface area contributed by atoms with Crippen LogP contribution in [-0.4, -0.2) is 43.8 Å². The molecule has 0 spiro atoms. The molecule has 9 heteroatoms. The number of carboxylic acid groups (broad SMARTS) is 1. The summed E-state index contributed by atoms with van der Waals surface area (Å²) in [6.07, 6.45) is 1.77. The third kappa shape index (κ3) is 3.15. The van der Waals surface area contributed by atoms with E-state index in [0.29, 0.717) is 25.1 Å². The molecule has 4 N–H and O–H groups in total. The van der Waals surface area contributed by atoms with Crippen LogP contribution in [0.1, 0.15) is 25.1 Å². The number of rotatable bonds is 4. The first-order valence-electron chi connectivity index (χ1n) is 5.64. The number of H-pyrrole nitrogens is 1. The lowest BCUT2D eigenvalue weighted by Crippen LogP contribution is -2.41. The van der Waals surface area contributed by atoms with Crippen LogP contribution < -0.4 is 10.6 Å². The standard InChI is InChI=1S/C9H14N6O3/c16-8(17)5-1-2-6(3-5)11-9(18)10-4-7-12-14-15-13-7/h5-6H,1-4H2,(H,16,17)(H2,10,11,18)(H,12,13,14,15)/t5-,6+/m1/s1. The van der Waals surface area contributed by atoms with Gasteiger partial charge in [-0.25, -0.2) is 4.79 Å². The van der Waals surface area contributed by atoms with Gasteiger partial charge in [-0.1, -0.05) is 5.21 Å². The van der Waals surface area contributed by atoms with Gasteiger partial charge in [0, 0.05) is 6.04 Å². The van der Waals surface area contributed by atoms with Crippen LogP contribution >= 0.6 is 0 Å². The molecule has 2 amide bonds. The van der Waals surface area contributed by atoms with Crippen LogP contribution in [0.2, 0.25) is 0 Å². The minimum atomic E-state index is -0.800. The van der Waals surface area contributed by atoms with E-state index in [2.05, 4.69) is 31.3 Å². The van der Waals surface area contributed by atoms with E-state index in [4.69, 9.17) is 5.11 Å². The second-order valence-corrected chi connectivity index (χ2v) is 4.20. The van der Waals surface area contributed by atoms with E-state index in [1.807, 2.05) is 0 Å². The maximum Gasteiger partial charge on any atom is 0.315 e. The van der Waals surface area contributed by atoms with Gasteiger partial charge < -0.3 is 15.7 Å². The SMILES string of the molecule is O=C(NCc1nn[nH]n1)N[C@H]1CC[C@@H](C(=O)O)C1. The minimum absolute atomic E-state index is 0.0867. The number of aromatic nitrogens is 4. The molecule has 2 atom stereocenters. The van der Waals surface area contributed by atoms with Gasteiger partial charge in [-0.3, -0.25) is 4.79 Å². The van der Waals surface area contributed by atoms with Gasteiger partial charge >= 0.3 is 12.0 Å². The fourth-order valence-corrected chi connectivity index (χ4v) is 1.99. The van der Waals surface area contributed by atoms with E-state index in [1.165, 1.54) is 0 Å². The predicted octanol–water partition coefficient (Wildman–Crippen LogP) is -0.748. The Bertz CT molecular complexity index is 420. The Morgan fingerprint density at radius 3 is 2.89 bits per heavy atom. The van der Waals surface area contributed by atoms with Gasteiger partial charge in [0.15, 0.2) is 5.82 Å². The van der Waals surface area contributed by atoms with Gasteiger partial charge in [-0.05, 0) is 19.3 Å². The number of carboxylic acids is 1. The molecule has 1 fully saturated rings. The molecule has 1 aliphatic rings. The van der Waals surface area contributed by atoms with Gasteiger partial charge in [-0.15, -0.1) is 10.2 Å². The first kappa shape index (κ1) is 12.3. The van der Waals surface area contributed by atoms with Crippen LogP contribution in [-0.2, 0) is 11.3 Å². The number of hydrogen-bond donors (Lipinski definition) is 4. The lowest BCUT2D eigenvalue weighted by Gasteiger charge is -2.12. The highest BCUT2D eigenvalue weighted by Crippen LogP contribution is 2.25. The Morgan fingerprint density at radius 1 is 1.44 bits per heavy atom. The first-order valence-corrected chi connectivity index (χ1v) is 5.64. The molecule has 0 aromatic carbocycles. The number of hydrogen-bond acceptors (Lipinski definition) is 5. The summed E-state index contributed by atoms with van der Waals surface area (Å²) in [6.45, 7) is 0.178. The third-order valence-corrected chi connectivity index (χ3v) is 2.91. The molecule has 1 aliphatic carbocycles. The van der Waals surface area contributed by atoms with Crippen molar-refractivity contribution in [3.8, 4) is 0 Å². The van der Waals surface area contributed by atoms with E-state index in [0.717, 1.165) is 0 Å². The Balaban J connectivity index is 1.70. The van der Waals surface area contributed by atoms with Crippen molar-refractivity contribution in [2.45, 2.75) is 31.8 Å². The van der Waals surface area contributed by atoms with Gasteiger partial charge in [0.2, 0.25) is 0 Å². The van der Waals surface area contributed by atoms with Crippen LogP contribution in [0.25, 0.3) is 0 Å². The molecule has 1 saturated carbocycles. The van der Waals surface area contributed by atoms with E-state index in [-0.39, 0.29) is 24.5 Å². The third-order valence-electron chi connectivity index (χ3n) is 2.91. The average molecular weight is 254 g/mol. The van der Waals surface area contributed by atoms with Crippen LogP contribution in [0.3, 0.4) is 0 Å². The average Bonchev–Trinajstić information content (AvgIpc) is 2.96. The lowest BCUT2D eigenvalue weighted by atomic mass is 10.1. The molecule has 1 aromatic rings. The van der Waals surface area contributed by atoms with Crippen LogP contribution in [0, 0.1) is 5.92 Å². The Morgan fingerprint density at radius 2 is 2.28 bits per heavy atom. The first-order chi connectivity index (χ1) is 8.65. The van der Waals surface area contributed by atoms with E-state index < -0.39 is 5.97 Å². The molecule has 0 aliphatic heterocycles. The molecule has 0 unspecified atom stereocenters. The monoisotopic (exact) mass is 254 g/mol.